The van der Waals surface area contributed by atoms with Crippen molar-refractivity contribution in [2.45, 2.75) is 6.18 Å². The van der Waals surface area contributed by atoms with Crippen LogP contribution in [0.1, 0.15) is 15.9 Å². The number of rotatable bonds is 1. The number of carbonyl (C=O) groups excluding carboxylic acids is 1. The third kappa shape index (κ3) is 2.06. The van der Waals surface area contributed by atoms with E-state index < -0.39 is 17.3 Å². The van der Waals surface area contributed by atoms with Crippen LogP contribution in [0, 0.1) is 0 Å². The molecule has 1 heterocycles. The average molecular weight is 254 g/mol. The van der Waals surface area contributed by atoms with Crippen molar-refractivity contribution < 1.29 is 18.0 Å². The van der Waals surface area contributed by atoms with Crippen LogP contribution in [0.3, 0.4) is 0 Å². The average Bonchev–Trinajstić information content (AvgIpc) is 2.02. The maximum atomic E-state index is 12.2. The number of carbonyl (C=O) groups is 1. The minimum atomic E-state index is -4.53. The Hall–Kier alpha value is -0.910. The van der Waals surface area contributed by atoms with E-state index in [0.717, 1.165) is 12.3 Å². The molecule has 0 amide bonds. The van der Waals surface area contributed by atoms with Crippen LogP contribution in [0.2, 0.25) is 0 Å². The fraction of sp³-hybridized carbons (Fsp3) is 0.143. The van der Waals surface area contributed by atoms with Crippen molar-refractivity contribution in [2.24, 2.45) is 0 Å². The lowest BCUT2D eigenvalue weighted by Gasteiger charge is -2.08. The lowest BCUT2D eigenvalue weighted by Crippen LogP contribution is -2.09. The van der Waals surface area contributed by atoms with E-state index in [1.807, 2.05) is 0 Å². The standard InChI is InChI=1S/C7H3BrF3NO/c8-6-4(3-13)5(1-2-12-6)7(9,10)11/h1-3H. The Labute approximate surface area is 79.9 Å². The van der Waals surface area contributed by atoms with Gasteiger partial charge >= 0.3 is 6.18 Å². The molecule has 0 N–H and O–H groups in total. The Morgan fingerprint density at radius 2 is 2.08 bits per heavy atom. The molecule has 13 heavy (non-hydrogen) atoms. The third-order valence-corrected chi connectivity index (χ3v) is 2.00. The van der Waals surface area contributed by atoms with E-state index in [1.165, 1.54) is 0 Å². The Balaban J connectivity index is 3.37. The van der Waals surface area contributed by atoms with Crippen LogP contribution in [0.25, 0.3) is 0 Å². The van der Waals surface area contributed by atoms with Crippen LogP contribution in [0.4, 0.5) is 13.2 Å². The summed E-state index contributed by atoms with van der Waals surface area (Å²) in [4.78, 5) is 13.8. The highest BCUT2D eigenvalue weighted by molar-refractivity contribution is 9.10. The summed E-state index contributed by atoms with van der Waals surface area (Å²) in [7, 11) is 0. The van der Waals surface area contributed by atoms with Gasteiger partial charge in [0, 0.05) is 6.20 Å². The van der Waals surface area contributed by atoms with Gasteiger partial charge in [0.05, 0.1) is 11.1 Å². The molecule has 2 nitrogen and oxygen atoms in total. The van der Waals surface area contributed by atoms with Crippen molar-refractivity contribution in [1.29, 1.82) is 0 Å². The summed E-state index contributed by atoms with van der Waals surface area (Å²) in [5, 5.41) is 0. The Morgan fingerprint density at radius 1 is 1.46 bits per heavy atom. The Bertz CT molecular complexity index is 337. The van der Waals surface area contributed by atoms with Gasteiger partial charge in [0.2, 0.25) is 0 Å². The van der Waals surface area contributed by atoms with E-state index in [1.54, 1.807) is 0 Å². The van der Waals surface area contributed by atoms with Crippen LogP contribution in [0.5, 0.6) is 0 Å². The summed E-state index contributed by atoms with van der Waals surface area (Å²) >= 11 is 2.76. The van der Waals surface area contributed by atoms with Crippen LogP contribution in [-0.4, -0.2) is 11.3 Å². The first kappa shape index (κ1) is 10.2. The molecule has 0 aromatic carbocycles. The highest BCUT2D eigenvalue weighted by atomic mass is 79.9. The van der Waals surface area contributed by atoms with Gasteiger partial charge in [-0.05, 0) is 22.0 Å². The van der Waals surface area contributed by atoms with Crippen molar-refractivity contribution in [2.75, 3.05) is 0 Å². The van der Waals surface area contributed by atoms with Gasteiger partial charge in [-0.3, -0.25) is 4.79 Å². The predicted molar refractivity (Wildman–Crippen MR) is 42.3 cm³/mol. The molecule has 0 aliphatic carbocycles. The van der Waals surface area contributed by atoms with Crippen molar-refractivity contribution in [1.82, 2.24) is 4.98 Å². The first-order chi connectivity index (χ1) is 5.96. The largest absolute Gasteiger partial charge is 0.417 e. The van der Waals surface area contributed by atoms with Gasteiger partial charge in [0.1, 0.15) is 4.60 Å². The summed E-state index contributed by atoms with van der Waals surface area (Å²) in [5.74, 6) is 0. The molecule has 0 unspecified atom stereocenters. The number of alkyl halides is 3. The zero-order valence-electron chi connectivity index (χ0n) is 6.10. The van der Waals surface area contributed by atoms with Gasteiger partial charge in [0.15, 0.2) is 6.29 Å². The van der Waals surface area contributed by atoms with E-state index in [0.29, 0.717) is 0 Å². The first-order valence-corrected chi connectivity index (χ1v) is 3.93. The van der Waals surface area contributed by atoms with Gasteiger partial charge in [-0.1, -0.05) is 0 Å². The van der Waals surface area contributed by atoms with E-state index in [2.05, 4.69) is 20.9 Å². The molecular weight excluding hydrogens is 251 g/mol. The molecule has 1 rings (SSSR count). The molecule has 0 atom stereocenters. The first-order valence-electron chi connectivity index (χ1n) is 3.13. The molecule has 0 aliphatic heterocycles. The third-order valence-electron chi connectivity index (χ3n) is 1.36. The molecule has 1 aromatic heterocycles. The zero-order chi connectivity index (χ0) is 10.1. The highest BCUT2D eigenvalue weighted by Crippen LogP contribution is 2.33. The monoisotopic (exact) mass is 253 g/mol. The SMILES string of the molecule is O=Cc1c(C(F)(F)F)ccnc1Br. The van der Waals surface area contributed by atoms with Crippen molar-refractivity contribution in [3.05, 3.63) is 28.0 Å². The van der Waals surface area contributed by atoms with E-state index in [-0.39, 0.29) is 10.9 Å². The number of aromatic nitrogens is 1. The summed E-state index contributed by atoms with van der Waals surface area (Å²) in [6, 6.07) is 0.758. The minimum absolute atomic E-state index is 0.0997. The highest BCUT2D eigenvalue weighted by Gasteiger charge is 2.34. The normalized spacial score (nSPS) is 11.4. The number of hydrogen-bond acceptors (Lipinski definition) is 2. The molecular formula is C7H3BrF3NO. The summed E-state index contributed by atoms with van der Waals surface area (Å²) in [6.45, 7) is 0. The fourth-order valence-electron chi connectivity index (χ4n) is 0.807. The topological polar surface area (TPSA) is 30.0 Å². The van der Waals surface area contributed by atoms with Gasteiger partial charge in [0.25, 0.3) is 0 Å². The molecule has 0 aliphatic rings. The number of halogens is 4. The molecule has 1 aromatic rings. The van der Waals surface area contributed by atoms with Crippen LogP contribution in [-0.2, 0) is 6.18 Å². The Kier molecular flexibility index (Phi) is 2.70. The molecule has 0 saturated heterocycles. The van der Waals surface area contributed by atoms with Gasteiger partial charge in [-0.15, -0.1) is 0 Å². The molecule has 70 valence electrons. The fourth-order valence-corrected chi connectivity index (χ4v) is 1.23. The minimum Gasteiger partial charge on any atom is -0.298 e. The van der Waals surface area contributed by atoms with Crippen LogP contribution >= 0.6 is 15.9 Å². The van der Waals surface area contributed by atoms with Crippen molar-refractivity contribution in [3.63, 3.8) is 0 Å². The van der Waals surface area contributed by atoms with E-state index in [9.17, 15) is 18.0 Å². The summed E-state index contributed by atoms with van der Waals surface area (Å²) in [6.07, 6.45) is -3.42. The molecule has 6 heteroatoms. The molecule has 0 fully saturated rings. The van der Waals surface area contributed by atoms with E-state index >= 15 is 0 Å². The second kappa shape index (κ2) is 3.45. The number of hydrogen-bond donors (Lipinski definition) is 0. The van der Waals surface area contributed by atoms with Gasteiger partial charge < -0.3 is 0 Å². The van der Waals surface area contributed by atoms with Gasteiger partial charge in [-0.25, -0.2) is 4.98 Å². The second-order valence-electron chi connectivity index (χ2n) is 2.18. The molecule has 0 bridgehead atoms. The zero-order valence-corrected chi connectivity index (χ0v) is 7.69. The molecule has 0 saturated carbocycles. The molecule has 0 spiro atoms. The number of pyridine rings is 1. The number of aldehydes is 1. The van der Waals surface area contributed by atoms with Crippen molar-refractivity contribution >= 4 is 22.2 Å². The van der Waals surface area contributed by atoms with E-state index in [4.69, 9.17) is 0 Å². The Morgan fingerprint density at radius 3 is 2.46 bits per heavy atom. The molecule has 0 radical (unpaired) electrons. The van der Waals surface area contributed by atoms with Crippen molar-refractivity contribution in [3.8, 4) is 0 Å². The van der Waals surface area contributed by atoms with Crippen LogP contribution < -0.4 is 0 Å². The summed E-state index contributed by atoms with van der Waals surface area (Å²) < 4.78 is 36.5. The van der Waals surface area contributed by atoms with Gasteiger partial charge in [-0.2, -0.15) is 13.2 Å². The summed E-state index contributed by atoms with van der Waals surface area (Å²) in [5.41, 5.74) is -1.46. The smallest absolute Gasteiger partial charge is 0.298 e. The quantitative estimate of drug-likeness (QED) is 0.569. The second-order valence-corrected chi connectivity index (χ2v) is 2.93. The maximum absolute atomic E-state index is 12.2. The number of nitrogens with zero attached hydrogens (tertiary/aromatic N) is 1. The van der Waals surface area contributed by atoms with Crippen LogP contribution in [0.15, 0.2) is 16.9 Å². The lowest BCUT2D eigenvalue weighted by molar-refractivity contribution is -0.137. The maximum Gasteiger partial charge on any atom is 0.417 e. The predicted octanol–water partition coefficient (Wildman–Crippen LogP) is 2.68. The lowest BCUT2D eigenvalue weighted by atomic mass is 10.1.